The van der Waals surface area contributed by atoms with Crippen molar-refractivity contribution in [2.24, 2.45) is 0 Å². The molecule has 0 radical (unpaired) electrons. The van der Waals surface area contributed by atoms with Crippen molar-refractivity contribution in [1.29, 1.82) is 0 Å². The molecule has 0 saturated heterocycles. The molecular formula is C18H20N4O4. The largest absolute Gasteiger partial charge is 0.465 e. The maximum absolute atomic E-state index is 11.4. The first kappa shape index (κ1) is 18.9. The summed E-state index contributed by atoms with van der Waals surface area (Å²) in [6.07, 6.45) is 3.12. The highest BCUT2D eigenvalue weighted by molar-refractivity contribution is 5.90. The second-order valence-corrected chi connectivity index (χ2v) is 5.30. The van der Waals surface area contributed by atoms with Gasteiger partial charge in [0.15, 0.2) is 0 Å². The number of benzene rings is 1. The third kappa shape index (κ3) is 4.35. The molecule has 0 aliphatic heterocycles. The van der Waals surface area contributed by atoms with Gasteiger partial charge in [0.25, 0.3) is 0 Å². The maximum atomic E-state index is 11.4. The van der Waals surface area contributed by atoms with Gasteiger partial charge in [-0.05, 0) is 26.0 Å². The number of esters is 2. The Kier molecular flexibility index (Phi) is 6.26. The predicted molar refractivity (Wildman–Crippen MR) is 94.3 cm³/mol. The predicted octanol–water partition coefficient (Wildman–Crippen LogP) is 2.47. The van der Waals surface area contributed by atoms with Crippen LogP contribution in [0.1, 0.15) is 32.1 Å². The maximum Gasteiger partial charge on any atom is 0.341 e. The fourth-order valence-electron chi connectivity index (χ4n) is 2.15. The second-order valence-electron chi connectivity index (χ2n) is 5.30. The number of carbonyl (C=O) groups excluding carboxylic acids is 2. The van der Waals surface area contributed by atoms with Gasteiger partial charge in [-0.3, -0.25) is 5.10 Å². The summed E-state index contributed by atoms with van der Waals surface area (Å²) in [6.45, 7) is 3.55. The summed E-state index contributed by atoms with van der Waals surface area (Å²) in [5.41, 5.74) is 3.29. The second kappa shape index (κ2) is 8.61. The van der Waals surface area contributed by atoms with Crippen molar-refractivity contribution in [2.45, 2.75) is 13.8 Å². The number of para-hydroxylation sites is 1. The molecule has 1 aromatic carbocycles. The number of aromatic amines is 1. The Balaban J connectivity index is 0.000000209. The van der Waals surface area contributed by atoms with Crippen molar-refractivity contribution < 1.29 is 19.1 Å². The van der Waals surface area contributed by atoms with Crippen LogP contribution in [0.15, 0.2) is 42.7 Å². The van der Waals surface area contributed by atoms with Crippen LogP contribution in [0.4, 0.5) is 0 Å². The topological polar surface area (TPSA) is 99.1 Å². The molecule has 0 unspecified atom stereocenters. The lowest BCUT2D eigenvalue weighted by Crippen LogP contribution is -2.01. The average molecular weight is 356 g/mol. The van der Waals surface area contributed by atoms with E-state index in [0.29, 0.717) is 16.8 Å². The third-order valence-electron chi connectivity index (χ3n) is 3.56. The van der Waals surface area contributed by atoms with Crippen LogP contribution in [0, 0.1) is 13.8 Å². The smallest absolute Gasteiger partial charge is 0.341 e. The molecule has 0 fully saturated rings. The quantitative estimate of drug-likeness (QED) is 0.724. The summed E-state index contributed by atoms with van der Waals surface area (Å²) in [4.78, 5) is 22.2. The van der Waals surface area contributed by atoms with Gasteiger partial charge in [0.1, 0.15) is 11.1 Å². The van der Waals surface area contributed by atoms with E-state index in [0.717, 1.165) is 11.4 Å². The monoisotopic (exact) mass is 356 g/mol. The van der Waals surface area contributed by atoms with Gasteiger partial charge in [-0.25, -0.2) is 14.3 Å². The summed E-state index contributed by atoms with van der Waals surface area (Å²) < 4.78 is 10.8. The van der Waals surface area contributed by atoms with Crippen molar-refractivity contribution >= 4 is 11.9 Å². The zero-order valence-electron chi connectivity index (χ0n) is 15.0. The fourth-order valence-corrected chi connectivity index (χ4v) is 2.15. The zero-order valence-corrected chi connectivity index (χ0v) is 15.0. The zero-order chi connectivity index (χ0) is 19.1. The van der Waals surface area contributed by atoms with Crippen LogP contribution in [0.2, 0.25) is 0 Å². The molecule has 3 rings (SSSR count). The van der Waals surface area contributed by atoms with Crippen LogP contribution in [0.25, 0.3) is 5.69 Å². The van der Waals surface area contributed by atoms with Crippen LogP contribution in [-0.2, 0) is 9.47 Å². The molecule has 1 N–H and O–H groups in total. The highest BCUT2D eigenvalue weighted by Crippen LogP contribution is 2.12. The van der Waals surface area contributed by atoms with E-state index in [4.69, 9.17) is 0 Å². The molecule has 8 heteroatoms. The average Bonchev–Trinajstić information content (AvgIpc) is 3.27. The molecule has 8 nitrogen and oxygen atoms in total. The van der Waals surface area contributed by atoms with Gasteiger partial charge in [-0.15, -0.1) is 0 Å². The number of hydrogen-bond acceptors (Lipinski definition) is 6. The Hall–Kier alpha value is -3.42. The summed E-state index contributed by atoms with van der Waals surface area (Å²) in [5, 5.41) is 10.6. The van der Waals surface area contributed by atoms with E-state index in [-0.39, 0.29) is 11.9 Å². The van der Waals surface area contributed by atoms with Crippen LogP contribution in [0.5, 0.6) is 0 Å². The van der Waals surface area contributed by atoms with Crippen LogP contribution in [0.3, 0.4) is 0 Å². The molecule has 2 heterocycles. The van der Waals surface area contributed by atoms with Crippen LogP contribution < -0.4 is 0 Å². The van der Waals surface area contributed by atoms with Crippen LogP contribution >= 0.6 is 0 Å². The molecule has 2 aromatic heterocycles. The summed E-state index contributed by atoms with van der Waals surface area (Å²) in [7, 11) is 2.70. The van der Waals surface area contributed by atoms with Crippen molar-refractivity contribution in [2.75, 3.05) is 14.2 Å². The minimum absolute atomic E-state index is 0.355. The lowest BCUT2D eigenvalue weighted by Gasteiger charge is -1.98. The number of nitrogens with zero attached hydrogens (tertiary/aromatic N) is 3. The Morgan fingerprint density at radius 3 is 2.15 bits per heavy atom. The molecule has 0 aliphatic rings. The number of ether oxygens (including phenoxy) is 2. The molecule has 136 valence electrons. The third-order valence-corrected chi connectivity index (χ3v) is 3.56. The number of carbonyl (C=O) groups is 2. The molecule has 3 aromatic rings. The lowest BCUT2D eigenvalue weighted by molar-refractivity contribution is 0.0591. The Morgan fingerprint density at radius 2 is 1.62 bits per heavy atom. The van der Waals surface area contributed by atoms with Gasteiger partial charge >= 0.3 is 11.9 Å². The normalized spacial score (nSPS) is 9.85. The van der Waals surface area contributed by atoms with E-state index >= 15 is 0 Å². The van der Waals surface area contributed by atoms with Gasteiger partial charge in [0.05, 0.1) is 31.8 Å². The van der Waals surface area contributed by atoms with Crippen molar-refractivity contribution in [1.82, 2.24) is 20.0 Å². The molecule has 26 heavy (non-hydrogen) atoms. The number of H-pyrrole nitrogens is 1. The first-order valence-corrected chi connectivity index (χ1v) is 7.76. The minimum atomic E-state index is -0.361. The van der Waals surface area contributed by atoms with Gasteiger partial charge in [-0.1, -0.05) is 18.2 Å². The molecule has 0 aliphatic carbocycles. The Bertz CT molecular complexity index is 884. The van der Waals surface area contributed by atoms with E-state index in [2.05, 4.69) is 24.8 Å². The van der Waals surface area contributed by atoms with Gasteiger partial charge in [-0.2, -0.15) is 10.2 Å². The SMILES string of the molecule is COC(=O)c1cn(-c2ccccc2)nc1C.COC(=O)c1cn[nH]c1C. The Morgan fingerprint density at radius 1 is 1.00 bits per heavy atom. The van der Waals surface area contributed by atoms with Crippen molar-refractivity contribution in [3.63, 3.8) is 0 Å². The first-order chi connectivity index (χ1) is 12.5. The molecule has 0 amide bonds. The van der Waals surface area contributed by atoms with Gasteiger partial charge in [0, 0.05) is 11.9 Å². The number of methoxy groups -OCH3 is 2. The summed E-state index contributed by atoms with van der Waals surface area (Å²) >= 11 is 0. The molecule has 0 spiro atoms. The number of rotatable bonds is 3. The molecular weight excluding hydrogens is 336 g/mol. The first-order valence-electron chi connectivity index (χ1n) is 7.76. The summed E-state index contributed by atoms with van der Waals surface area (Å²) in [5.74, 6) is -0.717. The number of aromatic nitrogens is 4. The van der Waals surface area contributed by atoms with Gasteiger partial charge in [0.2, 0.25) is 0 Å². The van der Waals surface area contributed by atoms with E-state index in [9.17, 15) is 9.59 Å². The number of aryl methyl sites for hydroxylation is 2. The van der Waals surface area contributed by atoms with E-state index in [1.54, 1.807) is 24.7 Å². The highest BCUT2D eigenvalue weighted by Gasteiger charge is 2.13. The van der Waals surface area contributed by atoms with E-state index in [1.807, 2.05) is 30.3 Å². The fraction of sp³-hybridized carbons (Fsp3) is 0.222. The van der Waals surface area contributed by atoms with Crippen LogP contribution in [-0.4, -0.2) is 46.1 Å². The van der Waals surface area contributed by atoms with Crippen molar-refractivity contribution in [3.8, 4) is 5.69 Å². The highest BCUT2D eigenvalue weighted by atomic mass is 16.5. The number of hydrogen-bond donors (Lipinski definition) is 1. The summed E-state index contributed by atoms with van der Waals surface area (Å²) in [6, 6.07) is 9.62. The van der Waals surface area contributed by atoms with Crippen molar-refractivity contribution in [3.05, 3.63) is 65.2 Å². The minimum Gasteiger partial charge on any atom is -0.465 e. The molecule has 0 bridgehead atoms. The molecule has 0 saturated carbocycles. The molecule has 0 atom stereocenters. The standard InChI is InChI=1S/C12H12N2O2.C6H8N2O2/c1-9-11(12(15)16-2)8-14(13-9)10-6-4-3-5-7-10;1-4-5(3-7-8-4)6(9)10-2/h3-8H,1-2H3;3H,1-2H3,(H,7,8). The number of nitrogens with one attached hydrogen (secondary N) is 1. The Labute approximate surface area is 150 Å². The van der Waals surface area contributed by atoms with E-state index in [1.165, 1.54) is 20.4 Å². The van der Waals surface area contributed by atoms with Gasteiger partial charge < -0.3 is 9.47 Å². The van der Waals surface area contributed by atoms with E-state index < -0.39 is 0 Å². The lowest BCUT2D eigenvalue weighted by atomic mass is 10.3.